The van der Waals surface area contributed by atoms with Crippen LogP contribution < -0.4 is 11.3 Å². The van der Waals surface area contributed by atoms with E-state index in [1.165, 1.54) is 10.4 Å². The summed E-state index contributed by atoms with van der Waals surface area (Å²) < 4.78 is 1.08. The Kier molecular flexibility index (Phi) is 4.40. The smallest absolute Gasteiger partial charge is 0.176 e. The van der Waals surface area contributed by atoms with Gasteiger partial charge >= 0.3 is 0 Å². The van der Waals surface area contributed by atoms with Gasteiger partial charge in [0, 0.05) is 16.9 Å². The van der Waals surface area contributed by atoms with Crippen molar-refractivity contribution < 1.29 is 0 Å². The first-order chi connectivity index (χ1) is 8.69. The van der Waals surface area contributed by atoms with E-state index in [-0.39, 0.29) is 6.04 Å². The minimum Gasteiger partial charge on any atom is -0.271 e. The number of hydrazine groups is 1. The van der Waals surface area contributed by atoms with Crippen LogP contribution in [0.4, 0.5) is 0 Å². The van der Waals surface area contributed by atoms with E-state index in [9.17, 15) is 0 Å². The summed E-state index contributed by atoms with van der Waals surface area (Å²) in [6.45, 7) is 0. The van der Waals surface area contributed by atoms with Crippen molar-refractivity contribution in [2.24, 2.45) is 12.9 Å². The SMILES string of the molecule is Cn1nnc(CC(Cc2ccccc2Br)NN)n1. The zero-order chi connectivity index (χ0) is 13.0. The van der Waals surface area contributed by atoms with Gasteiger partial charge in [-0.1, -0.05) is 34.1 Å². The number of aromatic nitrogens is 4. The number of rotatable bonds is 5. The van der Waals surface area contributed by atoms with Crippen LogP contribution in [0.2, 0.25) is 0 Å². The monoisotopic (exact) mass is 310 g/mol. The third-order valence-electron chi connectivity index (χ3n) is 2.64. The normalized spacial score (nSPS) is 12.6. The van der Waals surface area contributed by atoms with Crippen molar-refractivity contribution in [1.82, 2.24) is 25.6 Å². The molecule has 7 heteroatoms. The number of hydrogen-bond acceptors (Lipinski definition) is 5. The maximum Gasteiger partial charge on any atom is 0.176 e. The van der Waals surface area contributed by atoms with Crippen molar-refractivity contribution in [3.8, 4) is 0 Å². The molecule has 0 amide bonds. The average Bonchev–Trinajstić information content (AvgIpc) is 2.76. The van der Waals surface area contributed by atoms with E-state index < -0.39 is 0 Å². The molecule has 0 aliphatic heterocycles. The molecular weight excluding hydrogens is 296 g/mol. The quantitative estimate of drug-likeness (QED) is 0.624. The van der Waals surface area contributed by atoms with E-state index in [0.717, 1.165) is 10.9 Å². The van der Waals surface area contributed by atoms with Crippen molar-refractivity contribution in [3.63, 3.8) is 0 Å². The van der Waals surface area contributed by atoms with Gasteiger partial charge in [0.25, 0.3) is 0 Å². The number of aryl methyl sites for hydroxylation is 1. The van der Waals surface area contributed by atoms with Gasteiger partial charge in [0.05, 0.1) is 7.05 Å². The Hall–Kier alpha value is -1.31. The second-order valence-corrected chi connectivity index (χ2v) is 4.91. The molecule has 3 N–H and O–H groups in total. The molecule has 96 valence electrons. The summed E-state index contributed by atoms with van der Waals surface area (Å²) in [5.74, 6) is 6.26. The molecule has 1 unspecified atom stereocenters. The second kappa shape index (κ2) is 6.03. The minimum atomic E-state index is 0.0768. The van der Waals surface area contributed by atoms with E-state index >= 15 is 0 Å². The van der Waals surface area contributed by atoms with Crippen LogP contribution in [0.5, 0.6) is 0 Å². The standard InChI is InChI=1S/C11H15BrN6/c1-18-16-11(15-17-18)7-9(14-13)6-8-4-2-3-5-10(8)12/h2-5,9,14H,6-7,13H2,1H3. The fourth-order valence-electron chi connectivity index (χ4n) is 1.74. The number of nitrogens with two attached hydrogens (primary N) is 1. The molecule has 0 aliphatic carbocycles. The Morgan fingerprint density at radius 3 is 2.78 bits per heavy atom. The van der Waals surface area contributed by atoms with Crippen molar-refractivity contribution in [2.45, 2.75) is 18.9 Å². The number of nitrogens with zero attached hydrogens (tertiary/aromatic N) is 4. The lowest BCUT2D eigenvalue weighted by molar-refractivity contribution is 0.509. The molecule has 2 aromatic rings. The highest BCUT2D eigenvalue weighted by Crippen LogP contribution is 2.18. The summed E-state index contributed by atoms with van der Waals surface area (Å²) >= 11 is 3.53. The molecular formula is C11H15BrN6. The predicted molar refractivity (Wildman–Crippen MR) is 71.5 cm³/mol. The number of benzene rings is 1. The van der Waals surface area contributed by atoms with Gasteiger partial charge in [-0.15, -0.1) is 10.2 Å². The van der Waals surface area contributed by atoms with Crippen molar-refractivity contribution in [1.29, 1.82) is 0 Å². The molecule has 2 rings (SSSR count). The first-order valence-electron chi connectivity index (χ1n) is 5.61. The number of nitrogens with one attached hydrogen (secondary N) is 1. The molecule has 0 saturated carbocycles. The predicted octanol–water partition coefficient (Wildman–Crippen LogP) is 0.590. The van der Waals surface area contributed by atoms with E-state index in [1.807, 2.05) is 18.2 Å². The zero-order valence-electron chi connectivity index (χ0n) is 10.0. The third kappa shape index (κ3) is 3.34. The number of tetrazole rings is 1. The van der Waals surface area contributed by atoms with Gasteiger partial charge in [-0.05, 0) is 23.3 Å². The van der Waals surface area contributed by atoms with Crippen LogP contribution >= 0.6 is 15.9 Å². The highest BCUT2D eigenvalue weighted by molar-refractivity contribution is 9.10. The summed E-state index contributed by atoms with van der Waals surface area (Å²) in [7, 11) is 1.75. The lowest BCUT2D eigenvalue weighted by Gasteiger charge is -2.14. The topological polar surface area (TPSA) is 81.7 Å². The summed E-state index contributed by atoms with van der Waals surface area (Å²) in [4.78, 5) is 1.45. The first-order valence-corrected chi connectivity index (χ1v) is 6.40. The molecule has 1 aromatic carbocycles. The Morgan fingerprint density at radius 1 is 1.39 bits per heavy atom. The van der Waals surface area contributed by atoms with E-state index in [0.29, 0.717) is 12.2 Å². The Bertz CT molecular complexity index is 512. The maximum atomic E-state index is 5.58. The average molecular weight is 311 g/mol. The van der Waals surface area contributed by atoms with Crippen molar-refractivity contribution in [3.05, 3.63) is 40.1 Å². The molecule has 0 radical (unpaired) electrons. The van der Waals surface area contributed by atoms with Crippen LogP contribution in [0.3, 0.4) is 0 Å². The molecule has 1 aromatic heterocycles. The second-order valence-electron chi connectivity index (χ2n) is 4.06. The van der Waals surface area contributed by atoms with Gasteiger partial charge in [-0.25, -0.2) is 0 Å². The molecule has 0 fully saturated rings. The van der Waals surface area contributed by atoms with Gasteiger partial charge in [-0.3, -0.25) is 11.3 Å². The highest BCUT2D eigenvalue weighted by atomic mass is 79.9. The van der Waals surface area contributed by atoms with Crippen LogP contribution in [0, 0.1) is 0 Å². The van der Waals surface area contributed by atoms with Crippen molar-refractivity contribution in [2.75, 3.05) is 0 Å². The number of halogens is 1. The largest absolute Gasteiger partial charge is 0.271 e. The Labute approximate surface area is 114 Å². The van der Waals surface area contributed by atoms with Crippen LogP contribution in [0.1, 0.15) is 11.4 Å². The van der Waals surface area contributed by atoms with Gasteiger partial charge in [-0.2, -0.15) is 4.80 Å². The molecule has 6 nitrogen and oxygen atoms in total. The molecule has 1 atom stereocenters. The Balaban J connectivity index is 2.04. The molecule has 0 saturated heterocycles. The molecule has 0 spiro atoms. The van der Waals surface area contributed by atoms with Crippen molar-refractivity contribution >= 4 is 15.9 Å². The van der Waals surface area contributed by atoms with Gasteiger partial charge in [0.1, 0.15) is 0 Å². The van der Waals surface area contributed by atoms with Gasteiger partial charge in [0.15, 0.2) is 5.82 Å². The maximum absolute atomic E-state index is 5.58. The van der Waals surface area contributed by atoms with Crippen LogP contribution in [0.15, 0.2) is 28.7 Å². The van der Waals surface area contributed by atoms with Gasteiger partial charge < -0.3 is 0 Å². The summed E-state index contributed by atoms with van der Waals surface area (Å²) in [6, 6.07) is 8.16. The lowest BCUT2D eigenvalue weighted by atomic mass is 10.0. The van der Waals surface area contributed by atoms with Crippen LogP contribution in [-0.2, 0) is 19.9 Å². The molecule has 0 aliphatic rings. The van der Waals surface area contributed by atoms with Crippen LogP contribution in [-0.4, -0.2) is 26.2 Å². The fraction of sp³-hybridized carbons (Fsp3) is 0.364. The highest BCUT2D eigenvalue weighted by Gasteiger charge is 2.13. The Morgan fingerprint density at radius 2 is 2.17 bits per heavy atom. The molecule has 18 heavy (non-hydrogen) atoms. The van der Waals surface area contributed by atoms with E-state index in [1.54, 1.807) is 7.05 Å². The first kappa shape index (κ1) is 13.1. The third-order valence-corrected chi connectivity index (χ3v) is 3.41. The summed E-state index contributed by atoms with van der Waals surface area (Å²) in [6.07, 6.45) is 1.45. The molecule has 1 heterocycles. The van der Waals surface area contributed by atoms with E-state index in [2.05, 4.69) is 42.8 Å². The lowest BCUT2D eigenvalue weighted by Crippen LogP contribution is -2.38. The molecule has 0 bridgehead atoms. The van der Waals surface area contributed by atoms with Crippen LogP contribution in [0.25, 0.3) is 0 Å². The van der Waals surface area contributed by atoms with E-state index in [4.69, 9.17) is 5.84 Å². The zero-order valence-corrected chi connectivity index (χ0v) is 11.6. The van der Waals surface area contributed by atoms with Gasteiger partial charge in [0.2, 0.25) is 0 Å². The number of hydrogen-bond donors (Lipinski definition) is 2. The summed E-state index contributed by atoms with van der Waals surface area (Å²) in [5, 5.41) is 11.9. The fourth-order valence-corrected chi connectivity index (χ4v) is 2.19. The minimum absolute atomic E-state index is 0.0768. The summed E-state index contributed by atoms with van der Waals surface area (Å²) in [5.41, 5.74) is 4.00.